The van der Waals surface area contributed by atoms with Crippen molar-refractivity contribution in [3.8, 4) is 0 Å². The van der Waals surface area contributed by atoms with Crippen LogP contribution < -0.4 is 0 Å². The second kappa shape index (κ2) is 7.83. The maximum atomic E-state index is 4.60. The minimum atomic E-state index is 1.03. The van der Waals surface area contributed by atoms with Gasteiger partial charge in [0, 0.05) is 11.2 Å². The molecule has 9 heavy (non-hydrogen) atoms. The largest absolute Gasteiger partial charge is 0.125 e. The summed E-state index contributed by atoms with van der Waals surface area (Å²) in [6, 6.07) is 0. The first kappa shape index (κ1) is 8.83. The Hall–Kier alpha value is -0.170. The fourth-order valence-corrected chi connectivity index (χ4v) is 0.966. The third-order valence-electron chi connectivity index (χ3n) is 0.665. The topological polar surface area (TPSA) is 0 Å². The van der Waals surface area contributed by atoms with Crippen molar-refractivity contribution in [2.75, 3.05) is 5.75 Å². The van der Waals surface area contributed by atoms with Gasteiger partial charge in [0.25, 0.3) is 0 Å². The van der Waals surface area contributed by atoms with E-state index in [1.54, 1.807) is 17.2 Å². The van der Waals surface area contributed by atoms with Gasteiger partial charge in [0.1, 0.15) is 0 Å². The highest BCUT2D eigenvalue weighted by molar-refractivity contribution is 8.02. The molecule has 49 valence electrons. The van der Waals surface area contributed by atoms with Gasteiger partial charge in [0.2, 0.25) is 0 Å². The molecule has 0 saturated carbocycles. The molecule has 0 heterocycles. The average Bonchev–Trinajstić information content (AvgIpc) is 1.89. The molecule has 0 nitrogen and oxygen atoms in total. The van der Waals surface area contributed by atoms with Gasteiger partial charge in [-0.2, -0.15) is 0 Å². The lowest BCUT2D eigenvalue weighted by Crippen LogP contribution is -1.68. The van der Waals surface area contributed by atoms with Crippen LogP contribution in [0.1, 0.15) is 6.42 Å². The first-order chi connectivity index (χ1) is 4.41. The van der Waals surface area contributed by atoms with Crippen LogP contribution in [0.4, 0.5) is 0 Å². The number of hydrogen-bond acceptors (Lipinski definition) is 1. The summed E-state index contributed by atoms with van der Waals surface area (Å²) in [6.45, 7) is 3.44. The minimum Gasteiger partial charge on any atom is -0.125 e. The van der Waals surface area contributed by atoms with E-state index in [0.717, 1.165) is 12.2 Å². The molecule has 0 saturated heterocycles. The van der Waals surface area contributed by atoms with Crippen LogP contribution in [0.25, 0.3) is 0 Å². The van der Waals surface area contributed by atoms with Gasteiger partial charge in [0.05, 0.1) is 0 Å². The number of hydrogen-bond donors (Lipinski definition) is 0. The van der Waals surface area contributed by atoms with E-state index in [0.29, 0.717) is 0 Å². The lowest BCUT2D eigenvalue weighted by Gasteiger charge is -1.85. The molecule has 0 fully saturated rings. The SMILES string of the molecule is C=C=CSCCC=C[S]. The zero-order valence-electron chi connectivity index (χ0n) is 5.17. The normalized spacial score (nSPS) is 9.33. The van der Waals surface area contributed by atoms with Gasteiger partial charge < -0.3 is 0 Å². The summed E-state index contributed by atoms with van der Waals surface area (Å²) in [5.41, 5.74) is 2.68. The molecule has 0 rings (SSSR count). The Kier molecular flexibility index (Phi) is 7.68. The zero-order chi connectivity index (χ0) is 6.95. The molecule has 0 aromatic rings. The van der Waals surface area contributed by atoms with E-state index in [1.807, 2.05) is 11.5 Å². The van der Waals surface area contributed by atoms with Gasteiger partial charge in [-0.25, -0.2) is 0 Å². The monoisotopic (exact) mass is 157 g/mol. The third-order valence-corrected chi connectivity index (χ3v) is 1.66. The first-order valence-corrected chi connectivity index (χ1v) is 4.16. The van der Waals surface area contributed by atoms with Crippen molar-refractivity contribution < 1.29 is 0 Å². The average molecular weight is 157 g/mol. The van der Waals surface area contributed by atoms with Crippen molar-refractivity contribution in [1.82, 2.24) is 0 Å². The lowest BCUT2D eigenvalue weighted by molar-refractivity contribution is 1.26. The van der Waals surface area contributed by atoms with Gasteiger partial charge in [-0.05, 0) is 11.8 Å². The van der Waals surface area contributed by atoms with E-state index in [4.69, 9.17) is 0 Å². The van der Waals surface area contributed by atoms with Crippen LogP contribution in [0.5, 0.6) is 0 Å². The van der Waals surface area contributed by atoms with Crippen molar-refractivity contribution in [2.45, 2.75) is 6.42 Å². The van der Waals surface area contributed by atoms with Crippen molar-refractivity contribution in [3.63, 3.8) is 0 Å². The Morgan fingerprint density at radius 1 is 1.67 bits per heavy atom. The van der Waals surface area contributed by atoms with E-state index in [2.05, 4.69) is 24.9 Å². The molecule has 0 atom stereocenters. The van der Waals surface area contributed by atoms with Crippen LogP contribution >= 0.6 is 24.4 Å². The summed E-state index contributed by atoms with van der Waals surface area (Å²) < 4.78 is 0. The van der Waals surface area contributed by atoms with E-state index >= 15 is 0 Å². The minimum absolute atomic E-state index is 1.03. The standard InChI is InChI=1S/C7H9S2/c1-2-6-9-7-4-3-5-8/h3,5-6H,1,4,7H2. The highest BCUT2D eigenvalue weighted by atomic mass is 32.2. The molecule has 0 bridgehead atoms. The van der Waals surface area contributed by atoms with Crippen LogP contribution in [0, 0.1) is 0 Å². The predicted molar refractivity (Wildman–Crippen MR) is 47.5 cm³/mol. The second-order valence-electron chi connectivity index (χ2n) is 1.35. The Morgan fingerprint density at radius 2 is 2.44 bits per heavy atom. The summed E-state index contributed by atoms with van der Waals surface area (Å²) in [4.78, 5) is 0. The van der Waals surface area contributed by atoms with E-state index in [-0.39, 0.29) is 0 Å². The third kappa shape index (κ3) is 7.83. The van der Waals surface area contributed by atoms with Crippen LogP contribution in [0.2, 0.25) is 0 Å². The fraction of sp³-hybridized carbons (Fsp3) is 0.286. The van der Waals surface area contributed by atoms with Crippen LogP contribution in [0.15, 0.2) is 29.2 Å². The molecule has 0 aliphatic carbocycles. The van der Waals surface area contributed by atoms with E-state index < -0.39 is 0 Å². The van der Waals surface area contributed by atoms with Gasteiger partial charge in [-0.15, -0.1) is 17.5 Å². The second-order valence-corrected chi connectivity index (χ2v) is 2.60. The van der Waals surface area contributed by atoms with E-state index in [1.165, 1.54) is 0 Å². The molecule has 0 aromatic carbocycles. The molecule has 0 unspecified atom stereocenters. The fourth-order valence-electron chi connectivity index (χ4n) is 0.322. The maximum Gasteiger partial charge on any atom is 0.0122 e. The molecule has 0 aliphatic heterocycles. The predicted octanol–water partition coefficient (Wildman–Crippen LogP) is 3.12. The van der Waals surface area contributed by atoms with Crippen LogP contribution in [-0.2, 0) is 0 Å². The summed E-state index contributed by atoms with van der Waals surface area (Å²) in [7, 11) is 0. The Morgan fingerprint density at radius 3 is 3.00 bits per heavy atom. The number of thioether (sulfide) groups is 1. The molecule has 2 heteroatoms. The van der Waals surface area contributed by atoms with Crippen molar-refractivity contribution in [2.24, 2.45) is 0 Å². The van der Waals surface area contributed by atoms with Gasteiger partial charge >= 0.3 is 0 Å². The van der Waals surface area contributed by atoms with Gasteiger partial charge in [-0.1, -0.05) is 25.3 Å². The van der Waals surface area contributed by atoms with Gasteiger partial charge in [0.15, 0.2) is 0 Å². The maximum absolute atomic E-state index is 4.60. The van der Waals surface area contributed by atoms with Crippen LogP contribution in [0.3, 0.4) is 0 Å². The smallest absolute Gasteiger partial charge is 0.0122 e. The lowest BCUT2D eigenvalue weighted by atomic mass is 10.5. The zero-order valence-corrected chi connectivity index (χ0v) is 6.80. The quantitative estimate of drug-likeness (QED) is 0.446. The van der Waals surface area contributed by atoms with E-state index in [9.17, 15) is 0 Å². The highest BCUT2D eigenvalue weighted by Crippen LogP contribution is 2.02. The Labute approximate surface area is 66.1 Å². The highest BCUT2D eigenvalue weighted by Gasteiger charge is 1.77. The van der Waals surface area contributed by atoms with Crippen molar-refractivity contribution in [1.29, 1.82) is 0 Å². The number of allylic oxidation sites excluding steroid dienone is 1. The molecule has 0 N–H and O–H groups in total. The van der Waals surface area contributed by atoms with Crippen molar-refractivity contribution in [3.05, 3.63) is 29.2 Å². The summed E-state index contributed by atoms with van der Waals surface area (Å²) >= 11 is 6.30. The van der Waals surface area contributed by atoms with Gasteiger partial charge in [-0.3, -0.25) is 0 Å². The Bertz CT molecular complexity index is 121. The molecule has 0 amide bonds. The van der Waals surface area contributed by atoms with Crippen LogP contribution in [-0.4, -0.2) is 5.75 Å². The molecular formula is C7H9S2. The molecule has 0 aliphatic rings. The summed E-state index contributed by atoms with van der Waals surface area (Å²) in [5.74, 6) is 1.07. The van der Waals surface area contributed by atoms with Crippen molar-refractivity contribution >= 4 is 24.4 Å². The molecule has 1 radical (unpaired) electrons. The number of rotatable bonds is 4. The summed E-state index contributed by atoms with van der Waals surface area (Å²) in [6.07, 6.45) is 3.01. The molecule has 0 spiro atoms. The molecular weight excluding hydrogens is 148 g/mol. The Balaban J connectivity index is 3.00. The summed E-state index contributed by atoms with van der Waals surface area (Å²) in [5, 5.41) is 3.51. The molecule has 0 aromatic heterocycles. The first-order valence-electron chi connectivity index (χ1n) is 2.64.